The van der Waals surface area contributed by atoms with Crippen molar-refractivity contribution in [2.45, 2.75) is 156 Å². The minimum Gasteiger partial charge on any atom is -0.0654 e. The summed E-state index contributed by atoms with van der Waals surface area (Å²) in [5, 5.41) is 0. The van der Waals surface area contributed by atoms with Crippen molar-refractivity contribution >= 4 is 0 Å². The Labute approximate surface area is 161 Å². The monoisotopic (exact) mass is 352 g/mol. The highest BCUT2D eigenvalue weighted by Crippen LogP contribution is 2.22. The van der Waals surface area contributed by atoms with Gasteiger partial charge in [0, 0.05) is 0 Å². The van der Waals surface area contributed by atoms with E-state index in [-0.39, 0.29) is 0 Å². The first kappa shape index (κ1) is 25.0. The molecule has 1 unspecified atom stereocenters. The van der Waals surface area contributed by atoms with Crippen molar-refractivity contribution < 1.29 is 0 Å². The van der Waals surface area contributed by atoms with Crippen LogP contribution in [0.1, 0.15) is 156 Å². The van der Waals surface area contributed by atoms with Gasteiger partial charge in [-0.15, -0.1) is 0 Å². The maximum atomic E-state index is 2.36. The SMILES string of the molecule is CCCCCCCCCCCCCCCCC(CCC)CCCCC. The Bertz CT molecular complexity index is 220. The number of rotatable bonds is 21. The van der Waals surface area contributed by atoms with Gasteiger partial charge >= 0.3 is 0 Å². The molecule has 25 heavy (non-hydrogen) atoms. The second-order valence-electron chi connectivity index (χ2n) is 8.54. The fraction of sp³-hybridized carbons (Fsp3) is 1.00. The Balaban J connectivity index is 3.25. The van der Waals surface area contributed by atoms with E-state index in [2.05, 4.69) is 20.8 Å². The van der Waals surface area contributed by atoms with E-state index in [0.717, 1.165) is 5.92 Å². The molecule has 0 heteroatoms. The highest BCUT2D eigenvalue weighted by atomic mass is 14.1. The average molecular weight is 353 g/mol. The van der Waals surface area contributed by atoms with E-state index in [1.807, 2.05) is 0 Å². The molecule has 0 aliphatic carbocycles. The lowest BCUT2D eigenvalue weighted by atomic mass is 9.91. The Morgan fingerprint density at radius 3 is 1.04 bits per heavy atom. The zero-order valence-corrected chi connectivity index (χ0v) is 18.4. The molecule has 0 N–H and O–H groups in total. The Kier molecular flexibility index (Phi) is 22.0. The molecule has 0 amide bonds. The van der Waals surface area contributed by atoms with Crippen molar-refractivity contribution in [1.29, 1.82) is 0 Å². The molecule has 0 aliphatic rings. The lowest BCUT2D eigenvalue weighted by Gasteiger charge is -2.15. The summed E-state index contributed by atoms with van der Waals surface area (Å²) in [6.45, 7) is 6.98. The zero-order chi connectivity index (χ0) is 18.4. The molecule has 0 aromatic heterocycles. The molecular formula is C25H52. The van der Waals surface area contributed by atoms with E-state index in [0.29, 0.717) is 0 Å². The maximum Gasteiger partial charge on any atom is -0.0414 e. The van der Waals surface area contributed by atoms with Crippen molar-refractivity contribution in [3.8, 4) is 0 Å². The van der Waals surface area contributed by atoms with Crippen LogP contribution in [0.2, 0.25) is 0 Å². The predicted molar refractivity (Wildman–Crippen MR) is 117 cm³/mol. The van der Waals surface area contributed by atoms with Gasteiger partial charge in [-0.2, -0.15) is 0 Å². The Hall–Kier alpha value is 0. The summed E-state index contributed by atoms with van der Waals surface area (Å²) < 4.78 is 0. The summed E-state index contributed by atoms with van der Waals surface area (Å²) in [4.78, 5) is 0. The molecule has 0 bridgehead atoms. The van der Waals surface area contributed by atoms with E-state index in [1.165, 1.54) is 135 Å². The second kappa shape index (κ2) is 22.0. The summed E-state index contributed by atoms with van der Waals surface area (Å²) in [6, 6.07) is 0. The van der Waals surface area contributed by atoms with Crippen LogP contribution in [0.25, 0.3) is 0 Å². The molecule has 152 valence electrons. The Morgan fingerprint density at radius 2 is 0.640 bits per heavy atom. The van der Waals surface area contributed by atoms with Crippen LogP contribution in [0.3, 0.4) is 0 Å². The highest BCUT2D eigenvalue weighted by Gasteiger charge is 2.07. The summed E-state index contributed by atoms with van der Waals surface area (Å²) in [5.74, 6) is 1.04. The van der Waals surface area contributed by atoms with E-state index in [9.17, 15) is 0 Å². The minimum atomic E-state index is 1.04. The lowest BCUT2D eigenvalue weighted by molar-refractivity contribution is 0.379. The molecule has 0 aromatic carbocycles. The predicted octanol–water partition coefficient (Wildman–Crippen LogP) is 9.85. The van der Waals surface area contributed by atoms with Crippen LogP contribution in [0.15, 0.2) is 0 Å². The number of hydrogen-bond donors (Lipinski definition) is 0. The molecular weight excluding hydrogens is 300 g/mol. The largest absolute Gasteiger partial charge is 0.0654 e. The van der Waals surface area contributed by atoms with Gasteiger partial charge in [-0.05, 0) is 5.92 Å². The highest BCUT2D eigenvalue weighted by molar-refractivity contribution is 4.60. The van der Waals surface area contributed by atoms with Gasteiger partial charge in [0.25, 0.3) is 0 Å². The first-order chi connectivity index (χ1) is 12.3. The first-order valence-electron chi connectivity index (χ1n) is 12.3. The van der Waals surface area contributed by atoms with Crippen LogP contribution in [0.4, 0.5) is 0 Å². The van der Waals surface area contributed by atoms with Gasteiger partial charge in [0.1, 0.15) is 0 Å². The van der Waals surface area contributed by atoms with Crippen LogP contribution < -0.4 is 0 Å². The van der Waals surface area contributed by atoms with Crippen LogP contribution in [-0.4, -0.2) is 0 Å². The van der Waals surface area contributed by atoms with Crippen LogP contribution in [0, 0.1) is 5.92 Å². The first-order valence-corrected chi connectivity index (χ1v) is 12.3. The molecule has 1 atom stereocenters. The topological polar surface area (TPSA) is 0 Å². The summed E-state index contributed by atoms with van der Waals surface area (Å²) in [7, 11) is 0. The molecule has 0 radical (unpaired) electrons. The third-order valence-corrected chi connectivity index (χ3v) is 5.88. The van der Waals surface area contributed by atoms with E-state index in [4.69, 9.17) is 0 Å². The normalized spacial score (nSPS) is 12.6. The maximum absolute atomic E-state index is 2.36. The lowest BCUT2D eigenvalue weighted by Crippen LogP contribution is -2.00. The zero-order valence-electron chi connectivity index (χ0n) is 18.4. The third kappa shape index (κ3) is 20.2. The van der Waals surface area contributed by atoms with Gasteiger partial charge in [0.15, 0.2) is 0 Å². The third-order valence-electron chi connectivity index (χ3n) is 5.88. The smallest absolute Gasteiger partial charge is 0.0414 e. The van der Waals surface area contributed by atoms with Crippen molar-refractivity contribution in [3.05, 3.63) is 0 Å². The molecule has 0 spiro atoms. The molecule has 0 aliphatic heterocycles. The average Bonchev–Trinajstić information content (AvgIpc) is 2.62. The van der Waals surface area contributed by atoms with Gasteiger partial charge in [0.05, 0.1) is 0 Å². The summed E-state index contributed by atoms with van der Waals surface area (Å²) >= 11 is 0. The van der Waals surface area contributed by atoms with Gasteiger partial charge in [-0.25, -0.2) is 0 Å². The summed E-state index contributed by atoms with van der Waals surface area (Å²) in [6.07, 6.45) is 30.8. The second-order valence-corrected chi connectivity index (χ2v) is 8.54. The van der Waals surface area contributed by atoms with E-state index >= 15 is 0 Å². The molecule has 0 saturated carbocycles. The fourth-order valence-electron chi connectivity index (χ4n) is 4.15. The van der Waals surface area contributed by atoms with Crippen molar-refractivity contribution in [2.24, 2.45) is 5.92 Å². The molecule has 0 fully saturated rings. The summed E-state index contributed by atoms with van der Waals surface area (Å²) in [5.41, 5.74) is 0. The van der Waals surface area contributed by atoms with Crippen molar-refractivity contribution in [1.82, 2.24) is 0 Å². The van der Waals surface area contributed by atoms with Gasteiger partial charge in [-0.1, -0.05) is 156 Å². The number of hydrogen-bond acceptors (Lipinski definition) is 0. The minimum absolute atomic E-state index is 1.04. The molecule has 0 rings (SSSR count). The van der Waals surface area contributed by atoms with Gasteiger partial charge in [-0.3, -0.25) is 0 Å². The standard InChI is InChI=1S/C25H52/c1-4-7-9-10-11-12-13-14-15-16-17-18-19-21-24-25(22-6-3)23-20-8-5-2/h25H,4-24H2,1-3H3. The van der Waals surface area contributed by atoms with Gasteiger partial charge in [0.2, 0.25) is 0 Å². The fourth-order valence-corrected chi connectivity index (χ4v) is 4.15. The van der Waals surface area contributed by atoms with Crippen molar-refractivity contribution in [3.63, 3.8) is 0 Å². The number of unbranched alkanes of at least 4 members (excludes halogenated alkanes) is 15. The van der Waals surface area contributed by atoms with Gasteiger partial charge < -0.3 is 0 Å². The van der Waals surface area contributed by atoms with Crippen LogP contribution in [0.5, 0.6) is 0 Å². The van der Waals surface area contributed by atoms with Crippen molar-refractivity contribution in [2.75, 3.05) is 0 Å². The Morgan fingerprint density at radius 1 is 0.320 bits per heavy atom. The van der Waals surface area contributed by atoms with Crippen LogP contribution in [-0.2, 0) is 0 Å². The quantitative estimate of drug-likeness (QED) is 0.180. The van der Waals surface area contributed by atoms with Crippen LogP contribution >= 0.6 is 0 Å². The molecule has 0 heterocycles. The molecule has 0 nitrogen and oxygen atoms in total. The van der Waals surface area contributed by atoms with E-state index in [1.54, 1.807) is 0 Å². The molecule has 0 saturated heterocycles. The molecule has 0 aromatic rings. The van der Waals surface area contributed by atoms with E-state index < -0.39 is 0 Å².